The molecule has 2 N–H and O–H groups in total. The Morgan fingerprint density at radius 3 is 2.62 bits per heavy atom. The first-order chi connectivity index (χ1) is 16.5. The molecule has 7 nitrogen and oxygen atoms in total. The van der Waals surface area contributed by atoms with Crippen LogP contribution in [0.1, 0.15) is 61.0 Å². The highest BCUT2D eigenvalue weighted by atomic mass is 16.2. The second-order valence-electron chi connectivity index (χ2n) is 9.21. The minimum absolute atomic E-state index is 0.100. The van der Waals surface area contributed by atoms with Gasteiger partial charge in [-0.15, -0.1) is 0 Å². The minimum atomic E-state index is -0.363. The van der Waals surface area contributed by atoms with Gasteiger partial charge < -0.3 is 9.88 Å². The number of hydrogen-bond acceptors (Lipinski definition) is 4. The predicted octanol–water partition coefficient (Wildman–Crippen LogP) is 4.20. The summed E-state index contributed by atoms with van der Waals surface area (Å²) in [5.41, 5.74) is 2.05. The van der Waals surface area contributed by atoms with E-state index in [4.69, 9.17) is 10.4 Å². The van der Waals surface area contributed by atoms with Gasteiger partial charge in [-0.3, -0.25) is 19.4 Å². The van der Waals surface area contributed by atoms with Gasteiger partial charge in [0, 0.05) is 12.7 Å². The molecule has 0 saturated heterocycles. The maximum atomic E-state index is 13.4. The smallest absolute Gasteiger partial charge is 0.267 e. The summed E-state index contributed by atoms with van der Waals surface area (Å²) in [6.07, 6.45) is 7.43. The van der Waals surface area contributed by atoms with Crippen LogP contribution in [0.25, 0.3) is 16.7 Å². The number of carbonyl (C=O) groups excluding carboxylic acids is 1. The van der Waals surface area contributed by atoms with E-state index in [1.807, 2.05) is 43.3 Å². The second-order valence-corrected chi connectivity index (χ2v) is 9.21. The summed E-state index contributed by atoms with van der Waals surface area (Å²) in [5, 5.41) is 12.3. The van der Waals surface area contributed by atoms with Crippen LogP contribution in [0.4, 0.5) is 0 Å². The molecule has 174 valence electrons. The van der Waals surface area contributed by atoms with E-state index < -0.39 is 0 Å². The molecule has 1 amide bonds. The molecule has 1 atom stereocenters. The lowest BCUT2D eigenvalue weighted by molar-refractivity contribution is 0.0937. The standard InChI is InChI=1S/C27H29N5O2/c1-18(20-12-6-3-7-13-20)29-26(33)21-16-22-25(30-23-14-8-9-15-31(23)27(22)34)32(24(21)28)17-19-10-4-2-5-11-19/h3,6-9,12-16,18-19,28H,2,4-5,10-11,17H2,1H3,(H,29,33)/t18-/m0/s1. The maximum absolute atomic E-state index is 13.4. The van der Waals surface area contributed by atoms with E-state index >= 15 is 0 Å². The third-order valence-electron chi connectivity index (χ3n) is 6.88. The molecular formula is C27H29N5O2. The Balaban J connectivity index is 1.64. The minimum Gasteiger partial charge on any atom is -0.345 e. The average Bonchev–Trinajstić information content (AvgIpc) is 2.87. The van der Waals surface area contributed by atoms with Gasteiger partial charge in [0.15, 0.2) is 0 Å². The first-order valence-electron chi connectivity index (χ1n) is 12.0. The van der Waals surface area contributed by atoms with Crippen LogP contribution in [0.3, 0.4) is 0 Å². The van der Waals surface area contributed by atoms with Gasteiger partial charge in [-0.05, 0) is 49.4 Å². The SMILES string of the molecule is C[C@H](NC(=O)c1cc2c(=O)n3ccccc3nc2n(CC2CCCCC2)c1=N)c1ccccc1. The lowest BCUT2D eigenvalue weighted by atomic mass is 9.89. The Hall–Kier alpha value is -3.74. The van der Waals surface area contributed by atoms with Gasteiger partial charge in [-0.25, -0.2) is 4.98 Å². The molecule has 1 aliphatic carbocycles. The molecule has 0 aliphatic heterocycles. The van der Waals surface area contributed by atoms with Crippen LogP contribution in [0.2, 0.25) is 0 Å². The summed E-state index contributed by atoms with van der Waals surface area (Å²) in [4.78, 5) is 31.5. The van der Waals surface area contributed by atoms with E-state index in [0.29, 0.717) is 29.1 Å². The van der Waals surface area contributed by atoms with Crippen molar-refractivity contribution >= 4 is 22.6 Å². The van der Waals surface area contributed by atoms with Crippen molar-refractivity contribution in [3.8, 4) is 0 Å². The Morgan fingerprint density at radius 1 is 1.12 bits per heavy atom. The van der Waals surface area contributed by atoms with E-state index in [1.54, 1.807) is 22.9 Å². The summed E-state index contributed by atoms with van der Waals surface area (Å²) >= 11 is 0. The zero-order chi connectivity index (χ0) is 23.7. The highest BCUT2D eigenvalue weighted by molar-refractivity contribution is 5.97. The molecule has 1 aliphatic rings. The number of rotatable bonds is 5. The summed E-state index contributed by atoms with van der Waals surface area (Å²) in [7, 11) is 0. The van der Waals surface area contributed by atoms with Crippen LogP contribution >= 0.6 is 0 Å². The molecule has 7 heteroatoms. The zero-order valence-corrected chi connectivity index (χ0v) is 19.3. The molecule has 0 radical (unpaired) electrons. The second kappa shape index (κ2) is 9.25. The number of nitrogens with zero attached hydrogens (tertiary/aromatic N) is 3. The number of benzene rings is 1. The van der Waals surface area contributed by atoms with E-state index in [1.165, 1.54) is 29.7 Å². The van der Waals surface area contributed by atoms with Crippen LogP contribution in [-0.2, 0) is 6.54 Å². The average molecular weight is 456 g/mol. The monoisotopic (exact) mass is 455 g/mol. The van der Waals surface area contributed by atoms with Gasteiger partial charge in [0.25, 0.3) is 11.5 Å². The number of hydrogen-bond donors (Lipinski definition) is 2. The molecule has 34 heavy (non-hydrogen) atoms. The van der Waals surface area contributed by atoms with E-state index in [0.717, 1.165) is 18.4 Å². The number of fused-ring (bicyclic) bond motifs is 2. The largest absolute Gasteiger partial charge is 0.345 e. The van der Waals surface area contributed by atoms with Crippen molar-refractivity contribution in [2.75, 3.05) is 0 Å². The van der Waals surface area contributed by atoms with Gasteiger partial charge in [-0.1, -0.05) is 55.7 Å². The number of carbonyl (C=O) groups is 1. The molecule has 3 aromatic heterocycles. The molecule has 0 bridgehead atoms. The van der Waals surface area contributed by atoms with Crippen LogP contribution in [0, 0.1) is 11.3 Å². The third-order valence-corrected chi connectivity index (χ3v) is 6.88. The van der Waals surface area contributed by atoms with Crippen molar-refractivity contribution in [1.29, 1.82) is 5.41 Å². The first-order valence-corrected chi connectivity index (χ1v) is 12.0. The Labute approximate surface area is 197 Å². The Morgan fingerprint density at radius 2 is 1.85 bits per heavy atom. The van der Waals surface area contributed by atoms with Crippen molar-refractivity contribution in [2.45, 2.75) is 51.6 Å². The highest BCUT2D eigenvalue weighted by Crippen LogP contribution is 2.25. The summed E-state index contributed by atoms with van der Waals surface area (Å²) in [5.74, 6) is 0.0434. The summed E-state index contributed by atoms with van der Waals surface area (Å²) in [6, 6.07) is 16.4. The number of pyridine rings is 2. The van der Waals surface area contributed by atoms with Gasteiger partial charge in [0.05, 0.1) is 17.0 Å². The number of amides is 1. The number of nitrogens with one attached hydrogen (secondary N) is 2. The lowest BCUT2D eigenvalue weighted by Crippen LogP contribution is -2.37. The molecule has 3 heterocycles. The molecular weight excluding hydrogens is 426 g/mol. The first kappa shape index (κ1) is 22.1. The summed E-state index contributed by atoms with van der Waals surface area (Å²) < 4.78 is 3.27. The highest BCUT2D eigenvalue weighted by Gasteiger charge is 2.22. The van der Waals surface area contributed by atoms with Crippen molar-refractivity contribution in [3.63, 3.8) is 0 Å². The van der Waals surface area contributed by atoms with E-state index in [-0.39, 0.29) is 28.6 Å². The zero-order valence-electron chi connectivity index (χ0n) is 19.3. The fourth-order valence-electron chi connectivity index (χ4n) is 4.97. The van der Waals surface area contributed by atoms with Gasteiger partial charge in [-0.2, -0.15) is 0 Å². The quantitative estimate of drug-likeness (QED) is 0.442. The van der Waals surface area contributed by atoms with Crippen LogP contribution < -0.4 is 16.4 Å². The predicted molar refractivity (Wildman–Crippen MR) is 132 cm³/mol. The van der Waals surface area contributed by atoms with E-state index in [2.05, 4.69) is 5.32 Å². The molecule has 1 saturated carbocycles. The normalized spacial score (nSPS) is 15.4. The topological polar surface area (TPSA) is 92.2 Å². The van der Waals surface area contributed by atoms with Crippen LogP contribution in [0.15, 0.2) is 65.6 Å². The van der Waals surface area contributed by atoms with Gasteiger partial charge in [0.2, 0.25) is 0 Å². The van der Waals surface area contributed by atoms with Crippen LogP contribution in [-0.4, -0.2) is 19.9 Å². The molecule has 0 spiro atoms. The maximum Gasteiger partial charge on any atom is 0.267 e. The fourth-order valence-corrected chi connectivity index (χ4v) is 4.97. The van der Waals surface area contributed by atoms with Crippen molar-refractivity contribution < 1.29 is 4.79 Å². The Bertz CT molecular complexity index is 1470. The third kappa shape index (κ3) is 4.14. The van der Waals surface area contributed by atoms with E-state index in [9.17, 15) is 9.59 Å². The molecule has 5 rings (SSSR count). The van der Waals surface area contributed by atoms with Crippen molar-refractivity contribution in [3.05, 3.63) is 87.8 Å². The lowest BCUT2D eigenvalue weighted by Gasteiger charge is -2.24. The Kier molecular flexibility index (Phi) is 6.01. The fraction of sp³-hybridized carbons (Fsp3) is 0.333. The van der Waals surface area contributed by atoms with Crippen LogP contribution in [0.5, 0.6) is 0 Å². The summed E-state index contributed by atoms with van der Waals surface area (Å²) in [6.45, 7) is 2.50. The van der Waals surface area contributed by atoms with Gasteiger partial charge >= 0.3 is 0 Å². The molecule has 1 aromatic carbocycles. The van der Waals surface area contributed by atoms with Gasteiger partial charge in [0.1, 0.15) is 16.8 Å². The molecule has 0 unspecified atom stereocenters. The van der Waals surface area contributed by atoms with Crippen molar-refractivity contribution in [2.24, 2.45) is 5.92 Å². The molecule has 1 fully saturated rings. The molecule has 4 aromatic rings. The number of aromatic nitrogens is 3. The van der Waals surface area contributed by atoms with Crippen molar-refractivity contribution in [1.82, 2.24) is 19.3 Å².